The predicted octanol–water partition coefficient (Wildman–Crippen LogP) is 2.75. The zero-order valence-corrected chi connectivity index (χ0v) is 12.9. The first-order valence-electron chi connectivity index (χ1n) is 7.17. The first-order chi connectivity index (χ1) is 10.6. The summed E-state index contributed by atoms with van der Waals surface area (Å²) in [4.78, 5) is 12.1. The van der Waals surface area contributed by atoms with Crippen LogP contribution in [0.1, 0.15) is 22.8 Å². The Morgan fingerprint density at radius 2 is 1.73 bits per heavy atom. The average molecular weight is 299 g/mol. The van der Waals surface area contributed by atoms with Gasteiger partial charge >= 0.3 is 5.97 Å². The van der Waals surface area contributed by atoms with E-state index >= 15 is 0 Å². The maximum atomic E-state index is 12.1. The second-order valence-electron chi connectivity index (χ2n) is 5.19. The van der Waals surface area contributed by atoms with Crippen molar-refractivity contribution in [2.75, 3.05) is 7.11 Å². The van der Waals surface area contributed by atoms with Crippen LogP contribution in [0.2, 0.25) is 0 Å². The Bertz CT molecular complexity index is 595. The summed E-state index contributed by atoms with van der Waals surface area (Å²) in [5, 5.41) is 0. The third kappa shape index (κ3) is 4.16. The van der Waals surface area contributed by atoms with Crippen LogP contribution in [-0.4, -0.2) is 19.1 Å². The summed E-state index contributed by atoms with van der Waals surface area (Å²) in [5.74, 6) is -0.476. The molecule has 0 aliphatic rings. The number of aryl methyl sites for hydroxylation is 1. The molecule has 4 heteroatoms. The number of methoxy groups -OCH3 is 1. The number of esters is 1. The van der Waals surface area contributed by atoms with E-state index in [-0.39, 0.29) is 6.61 Å². The fourth-order valence-electron chi connectivity index (χ4n) is 2.19. The molecule has 0 unspecified atom stereocenters. The Balaban J connectivity index is 1.99. The number of hydrogen-bond acceptors (Lipinski definition) is 4. The molecule has 0 saturated heterocycles. The van der Waals surface area contributed by atoms with Crippen molar-refractivity contribution in [1.82, 2.24) is 0 Å². The Morgan fingerprint density at radius 1 is 1.09 bits per heavy atom. The van der Waals surface area contributed by atoms with E-state index in [4.69, 9.17) is 15.2 Å². The monoisotopic (exact) mass is 299 g/mol. The highest BCUT2D eigenvalue weighted by atomic mass is 16.5. The van der Waals surface area contributed by atoms with E-state index in [9.17, 15) is 4.79 Å². The molecule has 0 aromatic heterocycles. The highest BCUT2D eigenvalue weighted by Crippen LogP contribution is 2.21. The van der Waals surface area contributed by atoms with Crippen molar-refractivity contribution in [3.8, 4) is 0 Å². The molecule has 0 radical (unpaired) electrons. The smallest absolute Gasteiger partial charge is 0.326 e. The summed E-state index contributed by atoms with van der Waals surface area (Å²) in [6.07, 6.45) is -0.524. The molecule has 4 nitrogen and oxygen atoms in total. The zero-order valence-electron chi connectivity index (χ0n) is 12.9. The molecule has 0 fully saturated rings. The molecule has 0 saturated carbocycles. The fourth-order valence-corrected chi connectivity index (χ4v) is 2.19. The minimum absolute atomic E-state index is 0.206. The number of ether oxygens (including phenoxy) is 2. The molecule has 116 valence electrons. The summed E-state index contributed by atoms with van der Waals surface area (Å²) in [6, 6.07) is 16.4. The Hall–Kier alpha value is -2.17. The minimum Gasteiger partial charge on any atom is -0.460 e. The molecule has 0 aliphatic carbocycles. The molecule has 0 bridgehead atoms. The van der Waals surface area contributed by atoms with E-state index in [0.717, 1.165) is 16.7 Å². The van der Waals surface area contributed by atoms with E-state index in [1.54, 1.807) is 0 Å². The Kier molecular flexibility index (Phi) is 5.69. The molecule has 0 amide bonds. The van der Waals surface area contributed by atoms with Gasteiger partial charge in [0.2, 0.25) is 0 Å². The molecule has 2 rings (SSSR count). The lowest BCUT2D eigenvalue weighted by Crippen LogP contribution is -2.39. The Morgan fingerprint density at radius 3 is 2.32 bits per heavy atom. The normalized spacial score (nSPS) is 13.4. The number of nitrogens with two attached hydrogens (primary N) is 1. The average Bonchev–Trinajstić information content (AvgIpc) is 2.56. The van der Waals surface area contributed by atoms with Gasteiger partial charge in [-0.1, -0.05) is 60.2 Å². The van der Waals surface area contributed by atoms with Gasteiger partial charge in [0.15, 0.2) is 0 Å². The summed E-state index contributed by atoms with van der Waals surface area (Å²) in [6.45, 7) is 2.21. The second-order valence-corrected chi connectivity index (χ2v) is 5.19. The standard InChI is InChI=1S/C18H21NO3/c1-13-8-10-15(11-9-13)17(21-2)16(19)18(20)22-12-14-6-4-3-5-7-14/h3-11,16-17H,12,19H2,1-2H3/t16-,17+/m0/s1. The molecule has 0 spiro atoms. The van der Waals surface area contributed by atoms with Crippen LogP contribution in [0.3, 0.4) is 0 Å². The van der Waals surface area contributed by atoms with Gasteiger partial charge in [0.25, 0.3) is 0 Å². The number of benzene rings is 2. The lowest BCUT2D eigenvalue weighted by atomic mass is 10.0. The van der Waals surface area contributed by atoms with Gasteiger partial charge in [-0.3, -0.25) is 4.79 Å². The van der Waals surface area contributed by atoms with Crippen LogP contribution in [0.25, 0.3) is 0 Å². The lowest BCUT2D eigenvalue weighted by molar-refractivity contribution is -0.150. The van der Waals surface area contributed by atoms with Gasteiger partial charge in [0, 0.05) is 7.11 Å². The van der Waals surface area contributed by atoms with Crippen molar-refractivity contribution < 1.29 is 14.3 Å². The van der Waals surface area contributed by atoms with E-state index < -0.39 is 18.1 Å². The molecule has 0 aliphatic heterocycles. The van der Waals surface area contributed by atoms with Crippen LogP contribution in [0, 0.1) is 6.92 Å². The van der Waals surface area contributed by atoms with Crippen molar-refractivity contribution in [2.45, 2.75) is 25.7 Å². The largest absolute Gasteiger partial charge is 0.460 e. The van der Waals surface area contributed by atoms with Crippen molar-refractivity contribution in [3.05, 3.63) is 71.3 Å². The van der Waals surface area contributed by atoms with Gasteiger partial charge in [-0.15, -0.1) is 0 Å². The topological polar surface area (TPSA) is 61.5 Å². The third-order valence-electron chi connectivity index (χ3n) is 3.48. The van der Waals surface area contributed by atoms with Crippen LogP contribution in [-0.2, 0) is 20.9 Å². The summed E-state index contributed by atoms with van der Waals surface area (Å²) in [7, 11) is 1.54. The second kappa shape index (κ2) is 7.73. The molecular weight excluding hydrogens is 278 g/mol. The van der Waals surface area contributed by atoms with E-state index in [1.165, 1.54) is 7.11 Å². The van der Waals surface area contributed by atoms with E-state index in [1.807, 2.05) is 61.5 Å². The highest BCUT2D eigenvalue weighted by molar-refractivity contribution is 5.76. The Labute approximate surface area is 130 Å². The predicted molar refractivity (Wildman–Crippen MR) is 85.1 cm³/mol. The fraction of sp³-hybridized carbons (Fsp3) is 0.278. The molecule has 2 aromatic carbocycles. The minimum atomic E-state index is -0.864. The van der Waals surface area contributed by atoms with E-state index in [0.29, 0.717) is 0 Å². The van der Waals surface area contributed by atoms with Gasteiger partial charge in [-0.25, -0.2) is 0 Å². The van der Waals surface area contributed by atoms with Gasteiger partial charge in [-0.05, 0) is 18.1 Å². The first-order valence-corrected chi connectivity index (χ1v) is 7.17. The molecule has 2 atom stereocenters. The molecule has 0 heterocycles. The number of carbonyl (C=O) groups excluding carboxylic acids is 1. The molecule has 2 N–H and O–H groups in total. The van der Waals surface area contributed by atoms with Crippen LogP contribution in [0.15, 0.2) is 54.6 Å². The van der Waals surface area contributed by atoms with Crippen molar-refractivity contribution in [1.29, 1.82) is 0 Å². The molecule has 2 aromatic rings. The van der Waals surface area contributed by atoms with Gasteiger partial charge in [0.05, 0.1) is 0 Å². The lowest BCUT2D eigenvalue weighted by Gasteiger charge is -2.21. The van der Waals surface area contributed by atoms with E-state index in [2.05, 4.69) is 0 Å². The number of carbonyl (C=O) groups is 1. The molecule has 22 heavy (non-hydrogen) atoms. The van der Waals surface area contributed by atoms with Crippen molar-refractivity contribution >= 4 is 5.97 Å². The summed E-state index contributed by atoms with van der Waals surface area (Å²) in [5.41, 5.74) is 8.93. The number of rotatable bonds is 6. The zero-order chi connectivity index (χ0) is 15.9. The maximum absolute atomic E-state index is 12.1. The SMILES string of the molecule is CO[C@H](c1ccc(C)cc1)[C@H](N)C(=O)OCc1ccccc1. The van der Waals surface area contributed by atoms with Gasteiger partial charge < -0.3 is 15.2 Å². The third-order valence-corrected chi connectivity index (χ3v) is 3.48. The van der Waals surface area contributed by atoms with Gasteiger partial charge in [0.1, 0.15) is 18.8 Å². The quantitative estimate of drug-likeness (QED) is 0.833. The molecular formula is C18H21NO3. The van der Waals surface area contributed by atoms with Crippen molar-refractivity contribution in [3.63, 3.8) is 0 Å². The summed E-state index contributed by atoms with van der Waals surface area (Å²) >= 11 is 0. The first kappa shape index (κ1) is 16.2. The van der Waals surface area contributed by atoms with Crippen LogP contribution >= 0.6 is 0 Å². The van der Waals surface area contributed by atoms with Crippen molar-refractivity contribution in [2.24, 2.45) is 5.73 Å². The van der Waals surface area contributed by atoms with Gasteiger partial charge in [-0.2, -0.15) is 0 Å². The van der Waals surface area contributed by atoms with Crippen LogP contribution < -0.4 is 5.73 Å². The van der Waals surface area contributed by atoms with Crippen LogP contribution in [0.5, 0.6) is 0 Å². The van der Waals surface area contributed by atoms with Crippen LogP contribution in [0.4, 0.5) is 0 Å². The number of hydrogen-bond donors (Lipinski definition) is 1. The highest BCUT2D eigenvalue weighted by Gasteiger charge is 2.27. The summed E-state index contributed by atoms with van der Waals surface area (Å²) < 4.78 is 10.7. The maximum Gasteiger partial charge on any atom is 0.326 e.